The van der Waals surface area contributed by atoms with Gasteiger partial charge < -0.3 is 4.74 Å². The summed E-state index contributed by atoms with van der Waals surface area (Å²) in [6, 6.07) is 3.70. The second kappa shape index (κ2) is 6.05. The van der Waals surface area contributed by atoms with Gasteiger partial charge in [0.2, 0.25) is 5.13 Å². The summed E-state index contributed by atoms with van der Waals surface area (Å²) in [4.78, 5) is 20.0. The van der Waals surface area contributed by atoms with Crippen LogP contribution in [0.5, 0.6) is 0 Å². The highest BCUT2D eigenvalue weighted by Crippen LogP contribution is 2.23. The standard InChI is InChI=1S/C12H12N4O2S/c1-8-10(11(17)18-2)19-12(15-8)16-14-7-9-4-3-5-13-6-9/h3-7H,1-2H3,(H,15,16)/b14-7-. The van der Waals surface area contributed by atoms with Crippen molar-refractivity contribution in [2.45, 2.75) is 6.92 Å². The predicted octanol–water partition coefficient (Wildman–Crippen LogP) is 2.08. The Hall–Kier alpha value is -2.28. The minimum Gasteiger partial charge on any atom is -0.465 e. The number of nitrogens with one attached hydrogen (secondary N) is 1. The van der Waals surface area contributed by atoms with Crippen LogP contribution in [0, 0.1) is 6.92 Å². The summed E-state index contributed by atoms with van der Waals surface area (Å²) in [7, 11) is 1.34. The van der Waals surface area contributed by atoms with Gasteiger partial charge >= 0.3 is 5.97 Å². The summed E-state index contributed by atoms with van der Waals surface area (Å²) in [5.41, 5.74) is 4.27. The van der Waals surface area contributed by atoms with Gasteiger partial charge in [-0.3, -0.25) is 10.4 Å². The molecular weight excluding hydrogens is 264 g/mol. The molecule has 19 heavy (non-hydrogen) atoms. The summed E-state index contributed by atoms with van der Waals surface area (Å²) < 4.78 is 4.66. The molecule has 2 aromatic rings. The van der Waals surface area contributed by atoms with Crippen LogP contribution < -0.4 is 5.43 Å². The first kappa shape index (κ1) is 13.2. The average Bonchev–Trinajstić information content (AvgIpc) is 2.80. The van der Waals surface area contributed by atoms with E-state index in [-0.39, 0.29) is 5.97 Å². The van der Waals surface area contributed by atoms with Crippen LogP contribution in [0.4, 0.5) is 5.13 Å². The molecule has 0 unspecified atom stereocenters. The Morgan fingerprint density at radius 1 is 1.58 bits per heavy atom. The normalized spacial score (nSPS) is 10.6. The fraction of sp³-hybridized carbons (Fsp3) is 0.167. The van der Waals surface area contributed by atoms with E-state index >= 15 is 0 Å². The Balaban J connectivity index is 2.04. The molecule has 0 spiro atoms. The van der Waals surface area contributed by atoms with Crippen LogP contribution in [0.15, 0.2) is 29.6 Å². The Morgan fingerprint density at radius 2 is 2.42 bits per heavy atom. The molecule has 0 bridgehead atoms. The topological polar surface area (TPSA) is 76.5 Å². The largest absolute Gasteiger partial charge is 0.465 e. The number of carbonyl (C=O) groups excluding carboxylic acids is 1. The molecule has 6 nitrogen and oxygen atoms in total. The number of hydrogen-bond donors (Lipinski definition) is 1. The second-order valence-electron chi connectivity index (χ2n) is 3.58. The molecule has 0 aromatic carbocycles. The van der Waals surface area contributed by atoms with Crippen molar-refractivity contribution < 1.29 is 9.53 Å². The molecule has 2 rings (SSSR count). The fourth-order valence-electron chi connectivity index (χ4n) is 1.34. The maximum atomic E-state index is 11.4. The second-order valence-corrected chi connectivity index (χ2v) is 4.58. The number of ether oxygens (including phenoxy) is 1. The highest BCUT2D eigenvalue weighted by Gasteiger charge is 2.15. The van der Waals surface area contributed by atoms with Crippen LogP contribution in [-0.2, 0) is 4.74 Å². The van der Waals surface area contributed by atoms with Crippen molar-refractivity contribution in [3.05, 3.63) is 40.7 Å². The number of pyridine rings is 1. The van der Waals surface area contributed by atoms with Crippen molar-refractivity contribution >= 4 is 28.7 Å². The molecule has 0 aliphatic rings. The summed E-state index contributed by atoms with van der Waals surface area (Å²) >= 11 is 1.20. The number of esters is 1. The average molecular weight is 276 g/mol. The number of hydrazone groups is 1. The molecule has 0 aliphatic heterocycles. The summed E-state index contributed by atoms with van der Waals surface area (Å²) in [5.74, 6) is -0.390. The lowest BCUT2D eigenvalue weighted by Crippen LogP contribution is -1.99. The van der Waals surface area contributed by atoms with Gasteiger partial charge in [-0.1, -0.05) is 17.4 Å². The molecule has 0 aliphatic carbocycles. The highest BCUT2D eigenvalue weighted by atomic mass is 32.1. The van der Waals surface area contributed by atoms with Gasteiger partial charge in [0.05, 0.1) is 19.0 Å². The maximum absolute atomic E-state index is 11.4. The SMILES string of the molecule is COC(=O)c1sc(N/N=C\c2cccnc2)nc1C. The van der Waals surface area contributed by atoms with Gasteiger partial charge in [0.1, 0.15) is 4.88 Å². The molecule has 0 saturated heterocycles. The molecule has 0 radical (unpaired) electrons. The van der Waals surface area contributed by atoms with Crippen LogP contribution in [0.3, 0.4) is 0 Å². The van der Waals surface area contributed by atoms with E-state index in [2.05, 4.69) is 25.2 Å². The first-order chi connectivity index (χ1) is 9.20. The van der Waals surface area contributed by atoms with Crippen molar-refractivity contribution in [1.82, 2.24) is 9.97 Å². The van der Waals surface area contributed by atoms with E-state index in [4.69, 9.17) is 0 Å². The van der Waals surface area contributed by atoms with E-state index in [1.165, 1.54) is 18.4 Å². The molecule has 0 saturated carbocycles. The zero-order valence-electron chi connectivity index (χ0n) is 10.5. The van der Waals surface area contributed by atoms with Crippen LogP contribution >= 0.6 is 11.3 Å². The Bertz CT molecular complexity index is 595. The number of rotatable bonds is 4. The Labute approximate surface area is 114 Å². The Morgan fingerprint density at radius 3 is 3.11 bits per heavy atom. The third-order valence-electron chi connectivity index (χ3n) is 2.23. The fourth-order valence-corrected chi connectivity index (χ4v) is 2.17. The van der Waals surface area contributed by atoms with Gasteiger partial charge in [-0.25, -0.2) is 9.78 Å². The van der Waals surface area contributed by atoms with Crippen LogP contribution in [-0.4, -0.2) is 29.3 Å². The van der Waals surface area contributed by atoms with Gasteiger partial charge in [-0.2, -0.15) is 5.10 Å². The smallest absolute Gasteiger partial charge is 0.350 e. The third kappa shape index (κ3) is 3.35. The summed E-state index contributed by atoms with van der Waals surface area (Å²) in [6.45, 7) is 1.75. The first-order valence-electron chi connectivity index (χ1n) is 5.45. The molecule has 1 N–H and O–H groups in total. The molecule has 98 valence electrons. The molecule has 0 atom stereocenters. The maximum Gasteiger partial charge on any atom is 0.350 e. The Kier molecular flexibility index (Phi) is 4.19. The first-order valence-corrected chi connectivity index (χ1v) is 6.27. The number of anilines is 1. The third-order valence-corrected chi connectivity index (χ3v) is 3.27. The summed E-state index contributed by atoms with van der Waals surface area (Å²) in [5, 5.41) is 4.57. The van der Waals surface area contributed by atoms with E-state index in [9.17, 15) is 4.79 Å². The van der Waals surface area contributed by atoms with Crippen molar-refractivity contribution in [1.29, 1.82) is 0 Å². The predicted molar refractivity (Wildman–Crippen MR) is 73.6 cm³/mol. The van der Waals surface area contributed by atoms with Crippen molar-refractivity contribution in [3.8, 4) is 0 Å². The molecular formula is C12H12N4O2S. The van der Waals surface area contributed by atoms with E-state index in [0.29, 0.717) is 15.7 Å². The number of carbonyl (C=O) groups is 1. The van der Waals surface area contributed by atoms with Gasteiger partial charge in [0.25, 0.3) is 0 Å². The minimum absolute atomic E-state index is 0.390. The van der Waals surface area contributed by atoms with Crippen molar-refractivity contribution in [2.75, 3.05) is 12.5 Å². The zero-order chi connectivity index (χ0) is 13.7. The highest BCUT2D eigenvalue weighted by molar-refractivity contribution is 7.17. The van der Waals surface area contributed by atoms with Gasteiger partial charge in [0.15, 0.2) is 0 Å². The summed E-state index contributed by atoms with van der Waals surface area (Å²) in [6.07, 6.45) is 5.01. The van der Waals surface area contributed by atoms with E-state index in [1.807, 2.05) is 12.1 Å². The number of hydrogen-bond acceptors (Lipinski definition) is 7. The van der Waals surface area contributed by atoms with Gasteiger partial charge in [-0.05, 0) is 13.0 Å². The number of nitrogens with zero attached hydrogens (tertiary/aromatic N) is 3. The number of methoxy groups -OCH3 is 1. The molecule has 7 heteroatoms. The van der Waals surface area contributed by atoms with Gasteiger partial charge in [-0.15, -0.1) is 0 Å². The van der Waals surface area contributed by atoms with Crippen LogP contribution in [0.1, 0.15) is 20.9 Å². The van der Waals surface area contributed by atoms with Gasteiger partial charge in [0, 0.05) is 18.0 Å². The molecule has 0 fully saturated rings. The molecule has 2 aromatic heterocycles. The lowest BCUT2D eigenvalue weighted by Gasteiger charge is -1.93. The zero-order valence-corrected chi connectivity index (χ0v) is 11.3. The van der Waals surface area contributed by atoms with Crippen LogP contribution in [0.2, 0.25) is 0 Å². The number of aromatic nitrogens is 2. The van der Waals surface area contributed by atoms with E-state index in [0.717, 1.165) is 5.56 Å². The van der Waals surface area contributed by atoms with Crippen LogP contribution in [0.25, 0.3) is 0 Å². The quantitative estimate of drug-likeness (QED) is 0.525. The number of thiazole rings is 1. The minimum atomic E-state index is -0.390. The van der Waals surface area contributed by atoms with Crippen molar-refractivity contribution in [3.63, 3.8) is 0 Å². The number of aryl methyl sites for hydroxylation is 1. The van der Waals surface area contributed by atoms with E-state index in [1.54, 1.807) is 25.5 Å². The van der Waals surface area contributed by atoms with E-state index < -0.39 is 0 Å². The lowest BCUT2D eigenvalue weighted by molar-refractivity contribution is 0.0605. The molecule has 2 heterocycles. The monoisotopic (exact) mass is 276 g/mol. The molecule has 0 amide bonds. The lowest BCUT2D eigenvalue weighted by atomic mass is 10.3. The van der Waals surface area contributed by atoms with Crippen molar-refractivity contribution in [2.24, 2.45) is 5.10 Å².